The van der Waals surface area contributed by atoms with E-state index in [2.05, 4.69) is 18.7 Å². The molecule has 0 aliphatic carbocycles. The third-order valence-electron chi connectivity index (χ3n) is 4.33. The monoisotopic (exact) mass is 305 g/mol. The number of carbonyl (C=O) groups excluding carboxylic acids is 1. The minimum atomic E-state index is -0.918. The van der Waals surface area contributed by atoms with Crippen LogP contribution in [-0.4, -0.2) is 41.6 Å². The Morgan fingerprint density at radius 1 is 1.32 bits per heavy atom. The molecule has 0 bridgehead atoms. The van der Waals surface area contributed by atoms with Crippen LogP contribution in [0.2, 0.25) is 0 Å². The lowest BCUT2D eigenvalue weighted by atomic mass is 9.91. The Morgan fingerprint density at radius 2 is 1.95 bits per heavy atom. The molecule has 5 heteroatoms. The summed E-state index contributed by atoms with van der Waals surface area (Å²) in [4.78, 5) is 25.1. The van der Waals surface area contributed by atoms with E-state index in [0.717, 1.165) is 25.1 Å². The number of esters is 1. The molecule has 0 unspecified atom stereocenters. The summed E-state index contributed by atoms with van der Waals surface area (Å²) in [5.41, 5.74) is 1.35. The summed E-state index contributed by atoms with van der Waals surface area (Å²) in [7, 11) is 1.44. The van der Waals surface area contributed by atoms with Crippen molar-refractivity contribution in [3.05, 3.63) is 35.4 Å². The first-order chi connectivity index (χ1) is 10.4. The summed E-state index contributed by atoms with van der Waals surface area (Å²) in [5, 5.41) is 8.94. The number of ether oxygens (including phenoxy) is 1. The molecule has 0 saturated carbocycles. The van der Waals surface area contributed by atoms with Gasteiger partial charge in [0.25, 0.3) is 0 Å². The molecule has 120 valence electrons. The number of nitrogens with zero attached hydrogens (tertiary/aromatic N) is 1. The van der Waals surface area contributed by atoms with E-state index in [4.69, 9.17) is 9.84 Å². The van der Waals surface area contributed by atoms with Gasteiger partial charge in [0.2, 0.25) is 0 Å². The topological polar surface area (TPSA) is 66.8 Å². The number of methoxy groups -OCH3 is 1. The van der Waals surface area contributed by atoms with Crippen LogP contribution in [0.3, 0.4) is 0 Å². The van der Waals surface area contributed by atoms with E-state index < -0.39 is 5.97 Å². The van der Waals surface area contributed by atoms with E-state index in [1.165, 1.54) is 7.11 Å². The summed E-state index contributed by atoms with van der Waals surface area (Å²) in [6.45, 7) is 5.80. The minimum absolute atomic E-state index is 0.0803. The van der Waals surface area contributed by atoms with Crippen LogP contribution in [0.1, 0.15) is 36.2 Å². The van der Waals surface area contributed by atoms with Crippen LogP contribution in [0.4, 0.5) is 0 Å². The van der Waals surface area contributed by atoms with E-state index in [1.807, 2.05) is 12.1 Å². The Labute approximate surface area is 130 Å². The summed E-state index contributed by atoms with van der Waals surface area (Å²) < 4.78 is 4.92. The Balaban J connectivity index is 2.11. The molecule has 1 saturated heterocycles. The minimum Gasteiger partial charge on any atom is -0.478 e. The molecule has 0 aromatic heterocycles. The number of carboxylic acids is 1. The lowest BCUT2D eigenvalue weighted by Gasteiger charge is -2.30. The van der Waals surface area contributed by atoms with Crippen LogP contribution in [0.5, 0.6) is 0 Å². The zero-order valence-electron chi connectivity index (χ0n) is 13.3. The zero-order chi connectivity index (χ0) is 16.3. The Bertz CT molecular complexity index is 538. The molecule has 1 N–H and O–H groups in total. The van der Waals surface area contributed by atoms with E-state index in [9.17, 15) is 9.59 Å². The maximum Gasteiger partial charge on any atom is 0.335 e. The first-order valence-corrected chi connectivity index (χ1v) is 7.58. The highest BCUT2D eigenvalue weighted by atomic mass is 16.5. The average Bonchev–Trinajstić information content (AvgIpc) is 2.90. The first kappa shape index (κ1) is 16.5. The highest BCUT2D eigenvalue weighted by Crippen LogP contribution is 2.32. The number of aromatic carboxylic acids is 1. The normalized spacial score (nSPS) is 22.0. The second-order valence-corrected chi connectivity index (χ2v) is 6.13. The second kappa shape index (κ2) is 6.92. The molecule has 1 heterocycles. The summed E-state index contributed by atoms with van der Waals surface area (Å²) in [6, 6.07) is 7.08. The molecular formula is C17H23NO4. The fraction of sp³-hybridized carbons (Fsp3) is 0.529. The van der Waals surface area contributed by atoms with E-state index >= 15 is 0 Å². The fourth-order valence-electron chi connectivity index (χ4n) is 3.35. The number of benzene rings is 1. The van der Waals surface area contributed by atoms with Crippen LogP contribution in [0.15, 0.2) is 24.3 Å². The molecule has 1 aromatic rings. The molecular weight excluding hydrogens is 282 g/mol. The molecule has 2 atom stereocenters. The second-order valence-electron chi connectivity index (χ2n) is 6.13. The van der Waals surface area contributed by atoms with Gasteiger partial charge in [0.15, 0.2) is 0 Å². The standard InChI is InChI=1S/C17H23NO4/c1-11(2)15-14(17(21)22-3)8-9-18(15)10-12-4-6-13(7-5-12)16(19)20/h4-7,11,14-15H,8-10H2,1-3H3,(H,19,20)/t14-,15-/m0/s1. The number of likely N-dealkylation sites (tertiary alicyclic amines) is 1. The first-order valence-electron chi connectivity index (χ1n) is 7.58. The van der Waals surface area contributed by atoms with Crippen LogP contribution >= 0.6 is 0 Å². The van der Waals surface area contributed by atoms with E-state index in [-0.39, 0.29) is 23.5 Å². The van der Waals surface area contributed by atoms with Crippen LogP contribution < -0.4 is 0 Å². The van der Waals surface area contributed by atoms with Crippen molar-refractivity contribution in [2.24, 2.45) is 11.8 Å². The number of hydrogen-bond acceptors (Lipinski definition) is 4. The van der Waals surface area contributed by atoms with E-state index in [0.29, 0.717) is 5.92 Å². The predicted octanol–water partition coefficient (Wildman–Crippen LogP) is 2.40. The van der Waals surface area contributed by atoms with Gasteiger partial charge in [-0.1, -0.05) is 26.0 Å². The smallest absolute Gasteiger partial charge is 0.335 e. The van der Waals surface area contributed by atoms with Crippen molar-refractivity contribution in [2.45, 2.75) is 32.9 Å². The Kier molecular flexibility index (Phi) is 5.19. The molecule has 1 fully saturated rings. The third-order valence-corrected chi connectivity index (χ3v) is 4.33. The van der Waals surface area contributed by atoms with Gasteiger partial charge in [0, 0.05) is 12.6 Å². The third kappa shape index (κ3) is 3.47. The van der Waals surface area contributed by atoms with Crippen LogP contribution in [0.25, 0.3) is 0 Å². The van der Waals surface area contributed by atoms with E-state index in [1.54, 1.807) is 12.1 Å². The van der Waals surface area contributed by atoms with Crippen molar-refractivity contribution in [2.75, 3.05) is 13.7 Å². The SMILES string of the molecule is COC(=O)[C@H]1CCN(Cc2ccc(C(=O)O)cc2)[C@H]1C(C)C. The van der Waals surface area contributed by atoms with Gasteiger partial charge < -0.3 is 9.84 Å². The molecule has 0 spiro atoms. The lowest BCUT2D eigenvalue weighted by Crippen LogP contribution is -2.39. The van der Waals surface area contributed by atoms with Crippen molar-refractivity contribution >= 4 is 11.9 Å². The number of carboxylic acid groups (broad SMARTS) is 1. The Hall–Kier alpha value is -1.88. The van der Waals surface area contributed by atoms with Crippen molar-refractivity contribution in [1.29, 1.82) is 0 Å². The molecule has 1 aliphatic rings. The maximum atomic E-state index is 11.9. The maximum absolute atomic E-state index is 11.9. The van der Waals surface area contributed by atoms with Crippen molar-refractivity contribution < 1.29 is 19.4 Å². The van der Waals surface area contributed by atoms with Gasteiger partial charge in [-0.25, -0.2) is 4.79 Å². The van der Waals surface area contributed by atoms with Crippen molar-refractivity contribution in [3.63, 3.8) is 0 Å². The van der Waals surface area contributed by atoms with Crippen LogP contribution in [-0.2, 0) is 16.1 Å². The van der Waals surface area contributed by atoms with Gasteiger partial charge in [-0.05, 0) is 36.6 Å². The van der Waals surface area contributed by atoms with Gasteiger partial charge in [-0.2, -0.15) is 0 Å². The number of hydrogen-bond donors (Lipinski definition) is 1. The molecule has 2 rings (SSSR count). The Morgan fingerprint density at radius 3 is 2.45 bits per heavy atom. The summed E-state index contributed by atoms with van der Waals surface area (Å²) >= 11 is 0. The molecule has 0 amide bonds. The number of carbonyl (C=O) groups is 2. The molecule has 1 aliphatic heterocycles. The average molecular weight is 305 g/mol. The lowest BCUT2D eigenvalue weighted by molar-refractivity contribution is -0.146. The van der Waals surface area contributed by atoms with Gasteiger partial charge in [-0.15, -0.1) is 0 Å². The molecule has 1 aromatic carbocycles. The van der Waals surface area contributed by atoms with Gasteiger partial charge in [-0.3, -0.25) is 9.69 Å². The summed E-state index contributed by atoms with van der Waals surface area (Å²) in [5.74, 6) is -0.783. The zero-order valence-corrected chi connectivity index (χ0v) is 13.3. The van der Waals surface area contributed by atoms with Crippen molar-refractivity contribution in [3.8, 4) is 0 Å². The van der Waals surface area contributed by atoms with Crippen LogP contribution in [0, 0.1) is 11.8 Å². The van der Waals surface area contributed by atoms with Crippen molar-refractivity contribution in [1.82, 2.24) is 4.90 Å². The number of rotatable bonds is 5. The fourth-order valence-corrected chi connectivity index (χ4v) is 3.35. The van der Waals surface area contributed by atoms with Gasteiger partial charge in [0.05, 0.1) is 18.6 Å². The quantitative estimate of drug-likeness (QED) is 0.846. The highest BCUT2D eigenvalue weighted by molar-refractivity contribution is 5.87. The predicted molar refractivity (Wildman–Crippen MR) is 82.6 cm³/mol. The molecule has 22 heavy (non-hydrogen) atoms. The highest BCUT2D eigenvalue weighted by Gasteiger charge is 2.40. The molecule has 5 nitrogen and oxygen atoms in total. The molecule has 0 radical (unpaired) electrons. The van der Waals surface area contributed by atoms with Gasteiger partial charge >= 0.3 is 11.9 Å². The summed E-state index contributed by atoms with van der Waals surface area (Å²) in [6.07, 6.45) is 0.808. The van der Waals surface area contributed by atoms with Gasteiger partial charge in [0.1, 0.15) is 0 Å². The largest absolute Gasteiger partial charge is 0.478 e.